The van der Waals surface area contributed by atoms with E-state index >= 15 is 0 Å². The number of pyridine rings is 1. The topological polar surface area (TPSA) is 84.9 Å². The van der Waals surface area contributed by atoms with E-state index in [4.69, 9.17) is 4.42 Å². The molecule has 0 spiro atoms. The van der Waals surface area contributed by atoms with Crippen LogP contribution in [0.2, 0.25) is 0 Å². The third-order valence-corrected chi connectivity index (χ3v) is 4.16. The van der Waals surface area contributed by atoms with Crippen molar-refractivity contribution in [2.45, 2.75) is 13.3 Å². The first kappa shape index (κ1) is 13.9. The van der Waals surface area contributed by atoms with Crippen LogP contribution in [0.4, 0.5) is 0 Å². The van der Waals surface area contributed by atoms with Crippen LogP contribution in [-0.2, 0) is 6.42 Å². The van der Waals surface area contributed by atoms with Gasteiger partial charge < -0.3 is 8.82 Å². The van der Waals surface area contributed by atoms with Gasteiger partial charge in [-0.3, -0.25) is 5.10 Å². The minimum atomic E-state index is 0.488. The molecule has 5 rings (SSSR count). The van der Waals surface area contributed by atoms with Crippen molar-refractivity contribution in [3.63, 3.8) is 0 Å². The maximum atomic E-state index is 5.86. The quantitative estimate of drug-likeness (QED) is 0.549. The highest BCUT2D eigenvalue weighted by atomic mass is 16.4. The highest BCUT2D eigenvalue weighted by Crippen LogP contribution is 2.26. The first-order valence-electron chi connectivity index (χ1n) is 7.95. The van der Waals surface area contributed by atoms with Crippen LogP contribution in [0.25, 0.3) is 28.0 Å². The van der Waals surface area contributed by atoms with E-state index in [1.54, 1.807) is 6.20 Å². The Morgan fingerprint density at radius 3 is 3.04 bits per heavy atom. The Morgan fingerprint density at radius 2 is 2.08 bits per heavy atom. The lowest BCUT2D eigenvalue weighted by atomic mass is 10.1. The van der Waals surface area contributed by atoms with E-state index in [0.717, 1.165) is 27.8 Å². The summed E-state index contributed by atoms with van der Waals surface area (Å²) in [5, 5.41) is 16.3. The SMILES string of the molecule is Cc1ccc2nc(Cc3nnc(-c4cccc5[nH]ncc45)o3)cn2c1. The van der Waals surface area contributed by atoms with Crippen molar-refractivity contribution in [1.82, 2.24) is 29.8 Å². The molecule has 0 fully saturated rings. The van der Waals surface area contributed by atoms with Gasteiger partial charge in [-0.25, -0.2) is 4.98 Å². The predicted molar refractivity (Wildman–Crippen MR) is 92.1 cm³/mol. The Bertz CT molecular complexity index is 1200. The van der Waals surface area contributed by atoms with E-state index < -0.39 is 0 Å². The van der Waals surface area contributed by atoms with Crippen molar-refractivity contribution < 1.29 is 4.42 Å². The fraction of sp³-hybridized carbons (Fsp3) is 0.111. The molecule has 0 radical (unpaired) electrons. The molecule has 1 N–H and O–H groups in total. The summed E-state index contributed by atoms with van der Waals surface area (Å²) in [6.07, 6.45) is 6.29. The number of hydrogen-bond acceptors (Lipinski definition) is 5. The van der Waals surface area contributed by atoms with Crippen LogP contribution < -0.4 is 0 Å². The Hall–Kier alpha value is -3.48. The summed E-state index contributed by atoms with van der Waals surface area (Å²) in [5.74, 6) is 1.03. The molecule has 4 aromatic heterocycles. The number of hydrogen-bond donors (Lipinski definition) is 1. The van der Waals surface area contributed by atoms with Crippen molar-refractivity contribution in [3.05, 3.63) is 66.1 Å². The molecular formula is C18H14N6O. The van der Waals surface area contributed by atoms with E-state index in [9.17, 15) is 0 Å². The van der Waals surface area contributed by atoms with Crippen LogP contribution in [0.15, 0.2) is 53.3 Å². The molecule has 0 atom stereocenters. The van der Waals surface area contributed by atoms with Crippen LogP contribution in [0.3, 0.4) is 0 Å². The van der Waals surface area contributed by atoms with Crippen molar-refractivity contribution >= 4 is 16.6 Å². The van der Waals surface area contributed by atoms with Crippen molar-refractivity contribution in [2.24, 2.45) is 0 Å². The molecule has 0 aliphatic heterocycles. The maximum Gasteiger partial charge on any atom is 0.248 e. The summed E-state index contributed by atoms with van der Waals surface area (Å²) in [4.78, 5) is 4.59. The fourth-order valence-corrected chi connectivity index (χ4v) is 2.98. The predicted octanol–water partition coefficient (Wildman–Crippen LogP) is 3.16. The number of benzene rings is 1. The van der Waals surface area contributed by atoms with Gasteiger partial charge in [0.15, 0.2) is 0 Å². The largest absolute Gasteiger partial charge is 0.420 e. The first-order chi connectivity index (χ1) is 12.3. The standard InChI is InChI=1S/C18H14N6O/c1-11-5-6-16-20-12(10-24(16)9-11)7-17-22-23-18(25-17)13-3-2-4-15-14(13)8-19-21-15/h2-6,8-10H,7H2,1H3,(H,19,21). The molecule has 0 amide bonds. The minimum Gasteiger partial charge on any atom is -0.420 e. The lowest BCUT2D eigenvalue weighted by molar-refractivity contribution is 0.517. The van der Waals surface area contributed by atoms with Crippen molar-refractivity contribution in [3.8, 4) is 11.5 Å². The summed E-state index contributed by atoms with van der Waals surface area (Å²) in [7, 11) is 0. The number of imidazole rings is 1. The molecule has 0 saturated carbocycles. The first-order valence-corrected chi connectivity index (χ1v) is 7.95. The van der Waals surface area contributed by atoms with Crippen LogP contribution in [-0.4, -0.2) is 29.8 Å². The summed E-state index contributed by atoms with van der Waals surface area (Å²) in [5.41, 5.74) is 4.79. The monoisotopic (exact) mass is 330 g/mol. The highest BCUT2D eigenvalue weighted by Gasteiger charge is 2.14. The Labute approximate surface area is 142 Å². The van der Waals surface area contributed by atoms with Gasteiger partial charge in [0.2, 0.25) is 11.8 Å². The Morgan fingerprint density at radius 1 is 1.12 bits per heavy atom. The second-order valence-corrected chi connectivity index (χ2v) is 6.02. The zero-order valence-corrected chi connectivity index (χ0v) is 13.5. The number of fused-ring (bicyclic) bond motifs is 2. The summed E-state index contributed by atoms with van der Waals surface area (Å²) in [6.45, 7) is 2.06. The fourth-order valence-electron chi connectivity index (χ4n) is 2.98. The molecule has 0 saturated heterocycles. The smallest absolute Gasteiger partial charge is 0.248 e. The van der Waals surface area contributed by atoms with Gasteiger partial charge in [-0.2, -0.15) is 5.10 Å². The van der Waals surface area contributed by atoms with Crippen LogP contribution in [0.1, 0.15) is 17.1 Å². The minimum absolute atomic E-state index is 0.488. The Kier molecular flexibility index (Phi) is 2.93. The van der Waals surface area contributed by atoms with E-state index in [2.05, 4.69) is 32.3 Å². The molecule has 0 aliphatic carbocycles. The van der Waals surface area contributed by atoms with Gasteiger partial charge in [-0.1, -0.05) is 12.1 Å². The molecule has 7 heteroatoms. The second-order valence-electron chi connectivity index (χ2n) is 6.02. The van der Waals surface area contributed by atoms with Crippen molar-refractivity contribution in [2.75, 3.05) is 0 Å². The van der Waals surface area contributed by atoms with Crippen LogP contribution >= 0.6 is 0 Å². The second kappa shape index (κ2) is 5.27. The number of nitrogens with one attached hydrogen (secondary N) is 1. The van der Waals surface area contributed by atoms with Gasteiger partial charge in [0.1, 0.15) is 5.65 Å². The number of aryl methyl sites for hydroxylation is 1. The number of aromatic nitrogens is 6. The third-order valence-electron chi connectivity index (χ3n) is 4.16. The van der Waals surface area contributed by atoms with E-state index in [-0.39, 0.29) is 0 Å². The number of rotatable bonds is 3. The number of aromatic amines is 1. The average Bonchev–Trinajstić information content (AvgIpc) is 3.32. The van der Waals surface area contributed by atoms with Crippen LogP contribution in [0.5, 0.6) is 0 Å². The van der Waals surface area contributed by atoms with Gasteiger partial charge in [0.25, 0.3) is 0 Å². The molecule has 25 heavy (non-hydrogen) atoms. The molecule has 4 heterocycles. The highest BCUT2D eigenvalue weighted by molar-refractivity contribution is 5.91. The molecule has 5 aromatic rings. The maximum absolute atomic E-state index is 5.86. The molecule has 122 valence electrons. The molecule has 0 unspecified atom stereocenters. The van der Waals surface area contributed by atoms with Crippen LogP contribution in [0, 0.1) is 6.92 Å². The van der Waals surface area contributed by atoms with Gasteiger partial charge in [-0.15, -0.1) is 10.2 Å². The van der Waals surface area contributed by atoms with Crippen molar-refractivity contribution in [1.29, 1.82) is 0 Å². The average molecular weight is 330 g/mol. The third kappa shape index (κ3) is 2.37. The molecule has 1 aromatic carbocycles. The molecular weight excluding hydrogens is 316 g/mol. The summed E-state index contributed by atoms with van der Waals surface area (Å²) < 4.78 is 7.87. The van der Waals surface area contributed by atoms with Gasteiger partial charge in [0.05, 0.1) is 23.8 Å². The summed E-state index contributed by atoms with van der Waals surface area (Å²) >= 11 is 0. The number of H-pyrrole nitrogens is 1. The normalized spacial score (nSPS) is 11.6. The van der Waals surface area contributed by atoms with Gasteiger partial charge in [0, 0.05) is 23.3 Å². The lowest BCUT2D eigenvalue weighted by Crippen LogP contribution is -1.87. The van der Waals surface area contributed by atoms with Gasteiger partial charge in [-0.05, 0) is 30.7 Å². The molecule has 0 bridgehead atoms. The summed E-state index contributed by atoms with van der Waals surface area (Å²) in [6, 6.07) is 9.88. The molecule has 7 nitrogen and oxygen atoms in total. The van der Waals surface area contributed by atoms with E-state index in [0.29, 0.717) is 18.2 Å². The zero-order chi connectivity index (χ0) is 16.8. The van der Waals surface area contributed by atoms with Gasteiger partial charge >= 0.3 is 0 Å². The van der Waals surface area contributed by atoms with E-state index in [1.165, 1.54) is 5.56 Å². The molecule has 0 aliphatic rings. The van der Waals surface area contributed by atoms with E-state index in [1.807, 2.05) is 47.1 Å². The Balaban J connectivity index is 1.48. The number of nitrogens with zero attached hydrogens (tertiary/aromatic N) is 5. The zero-order valence-electron chi connectivity index (χ0n) is 13.5. The lowest BCUT2D eigenvalue weighted by Gasteiger charge is -1.96.